The number of likely N-dealkylation sites (tertiary alicyclic amines) is 1. The minimum Gasteiger partial charge on any atom is -0.327 e. The first kappa shape index (κ1) is 15.0. The monoisotopic (exact) mass is 240 g/mol. The van der Waals surface area contributed by atoms with Crippen LogP contribution in [0.2, 0.25) is 0 Å². The highest BCUT2D eigenvalue weighted by molar-refractivity contribution is 4.80. The number of nitrogens with zero attached hydrogens (tertiary/aromatic N) is 1. The van der Waals surface area contributed by atoms with Gasteiger partial charge in [0.15, 0.2) is 0 Å². The average molecular weight is 240 g/mol. The lowest BCUT2D eigenvalue weighted by Crippen LogP contribution is -2.37. The SMILES string of the molecule is CCC(C)CC1CCN(CC(N)CC(C)C)C1. The first-order valence-electron chi connectivity index (χ1n) is 7.49. The van der Waals surface area contributed by atoms with E-state index in [1.807, 2.05) is 0 Å². The van der Waals surface area contributed by atoms with Gasteiger partial charge in [-0.05, 0) is 43.6 Å². The molecule has 0 radical (unpaired) electrons. The maximum absolute atomic E-state index is 6.19. The molecule has 0 aromatic carbocycles. The molecule has 0 saturated carbocycles. The summed E-state index contributed by atoms with van der Waals surface area (Å²) in [6.45, 7) is 12.9. The third-order valence-electron chi connectivity index (χ3n) is 4.07. The van der Waals surface area contributed by atoms with E-state index >= 15 is 0 Å². The van der Waals surface area contributed by atoms with E-state index in [1.165, 1.54) is 32.4 Å². The summed E-state index contributed by atoms with van der Waals surface area (Å²) in [5, 5.41) is 0. The Morgan fingerprint density at radius 2 is 2.00 bits per heavy atom. The van der Waals surface area contributed by atoms with Crippen molar-refractivity contribution in [2.75, 3.05) is 19.6 Å². The van der Waals surface area contributed by atoms with Gasteiger partial charge in [0, 0.05) is 19.1 Å². The van der Waals surface area contributed by atoms with E-state index in [0.717, 1.165) is 30.7 Å². The second kappa shape index (κ2) is 7.38. The highest BCUT2D eigenvalue weighted by atomic mass is 15.2. The number of rotatable bonds is 7. The maximum Gasteiger partial charge on any atom is 0.0170 e. The van der Waals surface area contributed by atoms with E-state index in [1.54, 1.807) is 0 Å². The summed E-state index contributed by atoms with van der Waals surface area (Å²) in [5.74, 6) is 2.55. The molecule has 0 aromatic heterocycles. The Balaban J connectivity index is 2.21. The quantitative estimate of drug-likeness (QED) is 0.741. The van der Waals surface area contributed by atoms with Crippen LogP contribution >= 0.6 is 0 Å². The molecular weight excluding hydrogens is 208 g/mol. The van der Waals surface area contributed by atoms with Crippen molar-refractivity contribution in [1.29, 1.82) is 0 Å². The van der Waals surface area contributed by atoms with Crippen molar-refractivity contribution in [3.05, 3.63) is 0 Å². The van der Waals surface area contributed by atoms with Crippen LogP contribution in [0.3, 0.4) is 0 Å². The summed E-state index contributed by atoms with van der Waals surface area (Å²) in [7, 11) is 0. The summed E-state index contributed by atoms with van der Waals surface area (Å²) in [5.41, 5.74) is 6.19. The predicted molar refractivity (Wildman–Crippen MR) is 76.0 cm³/mol. The third kappa shape index (κ3) is 5.87. The lowest BCUT2D eigenvalue weighted by molar-refractivity contribution is 0.277. The van der Waals surface area contributed by atoms with Gasteiger partial charge in [0.25, 0.3) is 0 Å². The van der Waals surface area contributed by atoms with Crippen molar-refractivity contribution < 1.29 is 0 Å². The molecule has 1 heterocycles. The Hall–Kier alpha value is -0.0800. The van der Waals surface area contributed by atoms with Crippen molar-refractivity contribution >= 4 is 0 Å². The molecule has 0 aromatic rings. The van der Waals surface area contributed by atoms with Gasteiger partial charge in [0.05, 0.1) is 0 Å². The number of hydrogen-bond acceptors (Lipinski definition) is 2. The fourth-order valence-corrected chi connectivity index (χ4v) is 3.02. The molecule has 17 heavy (non-hydrogen) atoms. The molecule has 1 aliphatic heterocycles. The molecule has 0 aliphatic carbocycles. The van der Waals surface area contributed by atoms with Crippen LogP contribution in [0.4, 0.5) is 0 Å². The van der Waals surface area contributed by atoms with Gasteiger partial charge in [-0.15, -0.1) is 0 Å². The van der Waals surface area contributed by atoms with Gasteiger partial charge < -0.3 is 10.6 Å². The van der Waals surface area contributed by atoms with Gasteiger partial charge in [-0.1, -0.05) is 34.1 Å². The van der Waals surface area contributed by atoms with Crippen LogP contribution in [0.5, 0.6) is 0 Å². The van der Waals surface area contributed by atoms with Gasteiger partial charge >= 0.3 is 0 Å². The van der Waals surface area contributed by atoms with Crippen LogP contribution in [0.1, 0.15) is 53.4 Å². The summed E-state index contributed by atoms with van der Waals surface area (Å²) in [6.07, 6.45) is 5.28. The van der Waals surface area contributed by atoms with Crippen LogP contribution in [0, 0.1) is 17.8 Å². The van der Waals surface area contributed by atoms with E-state index in [0.29, 0.717) is 6.04 Å². The molecule has 0 amide bonds. The zero-order chi connectivity index (χ0) is 12.8. The van der Waals surface area contributed by atoms with E-state index in [9.17, 15) is 0 Å². The smallest absolute Gasteiger partial charge is 0.0170 e. The summed E-state index contributed by atoms with van der Waals surface area (Å²) < 4.78 is 0. The molecule has 0 spiro atoms. The summed E-state index contributed by atoms with van der Waals surface area (Å²) in [6, 6.07) is 0.373. The number of hydrogen-bond donors (Lipinski definition) is 1. The van der Waals surface area contributed by atoms with Crippen LogP contribution < -0.4 is 5.73 Å². The average Bonchev–Trinajstić information content (AvgIpc) is 2.63. The standard InChI is InChI=1S/C15H32N2/c1-5-13(4)9-14-6-7-17(10-14)11-15(16)8-12(2)3/h12-15H,5-11,16H2,1-4H3. The second-order valence-electron chi connectivity index (χ2n) is 6.55. The molecule has 0 bridgehead atoms. The maximum atomic E-state index is 6.19. The van der Waals surface area contributed by atoms with E-state index in [-0.39, 0.29) is 0 Å². The van der Waals surface area contributed by atoms with Crippen LogP contribution in [0.15, 0.2) is 0 Å². The van der Waals surface area contributed by atoms with Crippen molar-refractivity contribution in [3.8, 4) is 0 Å². The van der Waals surface area contributed by atoms with Crippen LogP contribution in [-0.4, -0.2) is 30.6 Å². The van der Waals surface area contributed by atoms with E-state index in [2.05, 4.69) is 32.6 Å². The molecular formula is C15H32N2. The minimum absolute atomic E-state index is 0.373. The highest BCUT2D eigenvalue weighted by Crippen LogP contribution is 2.24. The normalized spacial score (nSPS) is 25.4. The van der Waals surface area contributed by atoms with E-state index in [4.69, 9.17) is 5.73 Å². The fourth-order valence-electron chi connectivity index (χ4n) is 3.02. The Kier molecular flexibility index (Phi) is 6.50. The van der Waals surface area contributed by atoms with Gasteiger partial charge in [0.1, 0.15) is 0 Å². The Morgan fingerprint density at radius 1 is 1.29 bits per heavy atom. The first-order chi connectivity index (χ1) is 8.01. The summed E-state index contributed by atoms with van der Waals surface area (Å²) in [4.78, 5) is 2.58. The van der Waals surface area contributed by atoms with Crippen LogP contribution in [0.25, 0.3) is 0 Å². The molecule has 2 nitrogen and oxygen atoms in total. The molecule has 102 valence electrons. The van der Waals surface area contributed by atoms with E-state index < -0.39 is 0 Å². The molecule has 2 heteroatoms. The number of nitrogens with two attached hydrogens (primary N) is 1. The van der Waals surface area contributed by atoms with Gasteiger partial charge in [-0.3, -0.25) is 0 Å². The molecule has 3 atom stereocenters. The fraction of sp³-hybridized carbons (Fsp3) is 1.00. The molecule has 1 fully saturated rings. The Bertz CT molecular complexity index is 203. The second-order valence-corrected chi connectivity index (χ2v) is 6.55. The van der Waals surface area contributed by atoms with Gasteiger partial charge in [-0.2, -0.15) is 0 Å². The molecule has 1 aliphatic rings. The van der Waals surface area contributed by atoms with Crippen LogP contribution in [-0.2, 0) is 0 Å². The topological polar surface area (TPSA) is 29.3 Å². The largest absolute Gasteiger partial charge is 0.327 e. The Morgan fingerprint density at radius 3 is 2.59 bits per heavy atom. The zero-order valence-corrected chi connectivity index (χ0v) is 12.3. The molecule has 1 rings (SSSR count). The van der Waals surface area contributed by atoms with Crippen molar-refractivity contribution in [2.24, 2.45) is 23.5 Å². The molecule has 2 N–H and O–H groups in total. The van der Waals surface area contributed by atoms with Crippen molar-refractivity contribution in [3.63, 3.8) is 0 Å². The van der Waals surface area contributed by atoms with Gasteiger partial charge in [-0.25, -0.2) is 0 Å². The molecule has 3 unspecified atom stereocenters. The lowest BCUT2D eigenvalue weighted by atomic mass is 9.93. The van der Waals surface area contributed by atoms with Crippen molar-refractivity contribution in [1.82, 2.24) is 4.90 Å². The predicted octanol–water partition coefficient (Wildman–Crippen LogP) is 3.12. The summed E-state index contributed by atoms with van der Waals surface area (Å²) >= 11 is 0. The lowest BCUT2D eigenvalue weighted by Gasteiger charge is -2.22. The third-order valence-corrected chi connectivity index (χ3v) is 4.07. The first-order valence-corrected chi connectivity index (χ1v) is 7.49. The Labute approximate surface area is 108 Å². The van der Waals surface area contributed by atoms with Crippen molar-refractivity contribution in [2.45, 2.75) is 59.4 Å². The zero-order valence-electron chi connectivity index (χ0n) is 12.3. The minimum atomic E-state index is 0.373. The molecule has 1 saturated heterocycles. The highest BCUT2D eigenvalue weighted by Gasteiger charge is 2.24. The van der Waals surface area contributed by atoms with Gasteiger partial charge in [0.2, 0.25) is 0 Å².